The number of hydrogen-bond acceptors (Lipinski definition) is 2. The van der Waals surface area contributed by atoms with Gasteiger partial charge in [-0.25, -0.2) is 0 Å². The minimum absolute atomic E-state index is 0.0448. The molecule has 2 nitrogen and oxygen atoms in total. The van der Waals surface area contributed by atoms with Gasteiger partial charge in [-0.05, 0) is 42.9 Å². The lowest BCUT2D eigenvalue weighted by molar-refractivity contribution is 0.205. The minimum atomic E-state index is -0.0448. The van der Waals surface area contributed by atoms with Gasteiger partial charge in [0.2, 0.25) is 0 Å². The molecule has 100 valence electrons. The third kappa shape index (κ3) is 4.23. The SMILES string of the molecule is CNCC(Oc1cccc(Cl)c1)c1ccc(Br)cc1. The van der Waals surface area contributed by atoms with E-state index in [9.17, 15) is 0 Å². The Morgan fingerprint density at radius 2 is 1.95 bits per heavy atom. The van der Waals surface area contributed by atoms with Gasteiger partial charge in [0.15, 0.2) is 0 Å². The number of benzene rings is 2. The number of hydrogen-bond donors (Lipinski definition) is 1. The average Bonchev–Trinajstić information content (AvgIpc) is 2.39. The van der Waals surface area contributed by atoms with Crippen molar-refractivity contribution in [2.75, 3.05) is 13.6 Å². The molecule has 2 aromatic carbocycles. The van der Waals surface area contributed by atoms with Gasteiger partial charge in [0.1, 0.15) is 11.9 Å². The Hall–Kier alpha value is -1.03. The molecule has 1 atom stereocenters. The van der Waals surface area contributed by atoms with Crippen molar-refractivity contribution >= 4 is 27.5 Å². The molecular formula is C15H15BrClNO. The fourth-order valence-electron chi connectivity index (χ4n) is 1.79. The summed E-state index contributed by atoms with van der Waals surface area (Å²) in [7, 11) is 1.91. The van der Waals surface area contributed by atoms with Crippen molar-refractivity contribution in [3.8, 4) is 5.75 Å². The fourth-order valence-corrected chi connectivity index (χ4v) is 2.24. The molecule has 1 unspecified atom stereocenters. The van der Waals surface area contributed by atoms with Gasteiger partial charge in [0.05, 0.1) is 0 Å². The lowest BCUT2D eigenvalue weighted by atomic mass is 10.1. The van der Waals surface area contributed by atoms with Gasteiger partial charge in [-0.3, -0.25) is 0 Å². The second-order valence-corrected chi connectivity index (χ2v) is 5.53. The van der Waals surface area contributed by atoms with Crippen LogP contribution in [0.4, 0.5) is 0 Å². The molecule has 0 aliphatic heterocycles. The number of halogens is 2. The van der Waals surface area contributed by atoms with Crippen LogP contribution in [0.5, 0.6) is 5.75 Å². The minimum Gasteiger partial charge on any atom is -0.484 e. The Balaban J connectivity index is 2.18. The molecule has 0 heterocycles. The van der Waals surface area contributed by atoms with E-state index in [-0.39, 0.29) is 6.10 Å². The molecular weight excluding hydrogens is 326 g/mol. The maximum Gasteiger partial charge on any atom is 0.136 e. The molecule has 0 amide bonds. The molecule has 0 radical (unpaired) electrons. The van der Waals surface area contributed by atoms with Crippen LogP contribution in [0.15, 0.2) is 53.0 Å². The zero-order valence-electron chi connectivity index (χ0n) is 10.6. The van der Waals surface area contributed by atoms with Crippen molar-refractivity contribution in [1.82, 2.24) is 5.32 Å². The number of nitrogens with one attached hydrogen (secondary N) is 1. The van der Waals surface area contributed by atoms with Gasteiger partial charge in [-0.15, -0.1) is 0 Å². The second kappa shape index (κ2) is 6.94. The van der Waals surface area contributed by atoms with Gasteiger partial charge in [0, 0.05) is 16.0 Å². The van der Waals surface area contributed by atoms with E-state index >= 15 is 0 Å². The Labute approximate surface area is 126 Å². The predicted octanol–water partition coefficient (Wildman–Crippen LogP) is 4.44. The van der Waals surface area contributed by atoms with Crippen LogP contribution in [0.25, 0.3) is 0 Å². The monoisotopic (exact) mass is 339 g/mol. The standard InChI is InChI=1S/C15H15BrClNO/c1-18-10-15(11-5-7-12(16)8-6-11)19-14-4-2-3-13(17)9-14/h2-9,15,18H,10H2,1H3. The molecule has 0 saturated carbocycles. The topological polar surface area (TPSA) is 21.3 Å². The summed E-state index contributed by atoms with van der Waals surface area (Å²) in [6.45, 7) is 0.730. The summed E-state index contributed by atoms with van der Waals surface area (Å²) in [6, 6.07) is 15.6. The van der Waals surface area contributed by atoms with Crippen molar-refractivity contribution in [3.63, 3.8) is 0 Å². The first-order valence-corrected chi connectivity index (χ1v) is 7.18. The first-order valence-electron chi connectivity index (χ1n) is 6.01. The molecule has 2 rings (SSSR count). The summed E-state index contributed by atoms with van der Waals surface area (Å²) in [5.74, 6) is 0.774. The Morgan fingerprint density at radius 1 is 1.21 bits per heavy atom. The van der Waals surface area contributed by atoms with E-state index in [1.807, 2.05) is 43.4 Å². The molecule has 0 aromatic heterocycles. The molecule has 2 aromatic rings. The zero-order valence-corrected chi connectivity index (χ0v) is 12.9. The van der Waals surface area contributed by atoms with Crippen molar-refractivity contribution in [3.05, 3.63) is 63.6 Å². The Kier molecular flexibility index (Phi) is 5.25. The molecule has 19 heavy (non-hydrogen) atoms. The van der Waals surface area contributed by atoms with Crippen molar-refractivity contribution < 1.29 is 4.74 Å². The van der Waals surface area contributed by atoms with E-state index in [0.717, 1.165) is 22.3 Å². The Bertz CT molecular complexity index is 530. The van der Waals surface area contributed by atoms with Crippen molar-refractivity contribution in [2.45, 2.75) is 6.10 Å². The molecule has 0 saturated heterocycles. The van der Waals surface area contributed by atoms with E-state index in [1.54, 1.807) is 0 Å². The summed E-state index contributed by atoms with van der Waals surface area (Å²) in [5, 5.41) is 3.82. The maximum absolute atomic E-state index is 6.00. The molecule has 1 N–H and O–H groups in total. The van der Waals surface area contributed by atoms with Gasteiger partial charge < -0.3 is 10.1 Å². The summed E-state index contributed by atoms with van der Waals surface area (Å²) < 4.78 is 7.06. The third-order valence-corrected chi connectivity index (χ3v) is 3.47. The van der Waals surface area contributed by atoms with Crippen LogP contribution in [0.1, 0.15) is 11.7 Å². The fraction of sp³-hybridized carbons (Fsp3) is 0.200. The largest absolute Gasteiger partial charge is 0.484 e. The van der Waals surface area contributed by atoms with Crippen LogP contribution in [-0.2, 0) is 0 Å². The van der Waals surface area contributed by atoms with Gasteiger partial charge in [-0.2, -0.15) is 0 Å². The highest BCUT2D eigenvalue weighted by atomic mass is 79.9. The van der Waals surface area contributed by atoms with Crippen LogP contribution in [-0.4, -0.2) is 13.6 Å². The number of rotatable bonds is 5. The molecule has 0 fully saturated rings. The zero-order chi connectivity index (χ0) is 13.7. The van der Waals surface area contributed by atoms with Crippen LogP contribution in [0.3, 0.4) is 0 Å². The average molecular weight is 341 g/mol. The highest BCUT2D eigenvalue weighted by Gasteiger charge is 2.12. The van der Waals surface area contributed by atoms with Gasteiger partial charge >= 0.3 is 0 Å². The quantitative estimate of drug-likeness (QED) is 0.868. The predicted molar refractivity (Wildman–Crippen MR) is 82.9 cm³/mol. The normalized spacial score (nSPS) is 12.2. The lowest BCUT2D eigenvalue weighted by Crippen LogP contribution is -2.21. The molecule has 0 aliphatic carbocycles. The van der Waals surface area contributed by atoms with E-state index in [4.69, 9.17) is 16.3 Å². The summed E-state index contributed by atoms with van der Waals surface area (Å²) in [4.78, 5) is 0. The van der Waals surface area contributed by atoms with Crippen LogP contribution < -0.4 is 10.1 Å². The Morgan fingerprint density at radius 3 is 2.58 bits per heavy atom. The summed E-state index contributed by atoms with van der Waals surface area (Å²) in [6.07, 6.45) is -0.0448. The van der Waals surface area contributed by atoms with Gasteiger partial charge in [-0.1, -0.05) is 45.7 Å². The van der Waals surface area contributed by atoms with E-state index in [0.29, 0.717) is 5.02 Å². The third-order valence-electron chi connectivity index (χ3n) is 2.71. The molecule has 0 spiro atoms. The highest BCUT2D eigenvalue weighted by molar-refractivity contribution is 9.10. The van der Waals surface area contributed by atoms with E-state index < -0.39 is 0 Å². The van der Waals surface area contributed by atoms with Crippen LogP contribution in [0.2, 0.25) is 5.02 Å². The summed E-state index contributed by atoms with van der Waals surface area (Å²) >= 11 is 9.41. The van der Waals surface area contributed by atoms with E-state index in [2.05, 4.69) is 33.4 Å². The molecule has 0 bridgehead atoms. The molecule has 0 aliphatic rings. The van der Waals surface area contributed by atoms with E-state index in [1.165, 1.54) is 0 Å². The second-order valence-electron chi connectivity index (χ2n) is 4.17. The summed E-state index contributed by atoms with van der Waals surface area (Å²) in [5.41, 5.74) is 1.12. The van der Waals surface area contributed by atoms with Gasteiger partial charge in [0.25, 0.3) is 0 Å². The first kappa shape index (κ1) is 14.4. The van der Waals surface area contributed by atoms with Crippen molar-refractivity contribution in [1.29, 1.82) is 0 Å². The smallest absolute Gasteiger partial charge is 0.136 e. The van der Waals surface area contributed by atoms with Crippen LogP contribution >= 0.6 is 27.5 Å². The lowest BCUT2D eigenvalue weighted by Gasteiger charge is -2.19. The number of likely N-dealkylation sites (N-methyl/N-ethyl adjacent to an activating group) is 1. The van der Waals surface area contributed by atoms with Crippen LogP contribution in [0, 0.1) is 0 Å². The molecule has 4 heteroatoms. The highest BCUT2D eigenvalue weighted by Crippen LogP contribution is 2.25. The number of ether oxygens (including phenoxy) is 1. The first-order chi connectivity index (χ1) is 9.19. The van der Waals surface area contributed by atoms with Crippen molar-refractivity contribution in [2.24, 2.45) is 0 Å². The maximum atomic E-state index is 6.00.